The van der Waals surface area contributed by atoms with Gasteiger partial charge in [-0.2, -0.15) is 4.31 Å². The number of likely N-dealkylation sites (tertiary alicyclic amines) is 1. The molecule has 2 amide bonds. The van der Waals surface area contributed by atoms with Gasteiger partial charge in [0, 0.05) is 36.4 Å². The van der Waals surface area contributed by atoms with Crippen molar-refractivity contribution in [1.29, 1.82) is 0 Å². The van der Waals surface area contributed by atoms with Gasteiger partial charge in [-0.05, 0) is 62.1 Å². The minimum absolute atomic E-state index is 0.162. The van der Waals surface area contributed by atoms with E-state index in [1.807, 2.05) is 0 Å². The fraction of sp³-hybridized carbons (Fsp3) is 0.409. The lowest BCUT2D eigenvalue weighted by atomic mass is 10.2. The molecule has 1 aromatic heterocycles. The van der Waals surface area contributed by atoms with Gasteiger partial charge in [0.1, 0.15) is 4.90 Å². The number of nitrogens with zero attached hydrogens (tertiary/aromatic N) is 3. The molecular weight excluding hydrogens is 470 g/mol. The Hall–Kier alpha value is -1.94. The maximum absolute atomic E-state index is 13.2. The van der Waals surface area contributed by atoms with Crippen LogP contribution in [0.3, 0.4) is 0 Å². The molecule has 32 heavy (non-hydrogen) atoms. The molecule has 1 aromatic carbocycles. The fourth-order valence-corrected chi connectivity index (χ4v) is 6.53. The van der Waals surface area contributed by atoms with Crippen LogP contribution in [0, 0.1) is 0 Å². The van der Waals surface area contributed by atoms with E-state index in [4.69, 9.17) is 11.6 Å². The Balaban J connectivity index is 1.47. The van der Waals surface area contributed by atoms with Crippen molar-refractivity contribution in [1.82, 2.24) is 14.2 Å². The number of carbonyl (C=O) groups excluding carboxylic acids is 2. The molecule has 2 aromatic rings. The van der Waals surface area contributed by atoms with Gasteiger partial charge < -0.3 is 0 Å². The van der Waals surface area contributed by atoms with E-state index in [0.29, 0.717) is 41.7 Å². The molecule has 1 unspecified atom stereocenters. The summed E-state index contributed by atoms with van der Waals surface area (Å²) in [5.74, 6) is -0.581. The van der Waals surface area contributed by atoms with Crippen LogP contribution < -0.4 is 0 Å². The molecule has 2 saturated heterocycles. The highest BCUT2D eigenvalue weighted by Gasteiger charge is 2.33. The van der Waals surface area contributed by atoms with Gasteiger partial charge >= 0.3 is 0 Å². The van der Waals surface area contributed by atoms with Crippen molar-refractivity contribution < 1.29 is 18.0 Å². The lowest BCUT2D eigenvalue weighted by Gasteiger charge is -2.22. The molecule has 0 saturated carbocycles. The third-order valence-corrected chi connectivity index (χ3v) is 8.99. The molecule has 0 N–H and O–H groups in total. The van der Waals surface area contributed by atoms with Crippen LogP contribution in [-0.2, 0) is 14.8 Å². The molecule has 2 aliphatic rings. The van der Waals surface area contributed by atoms with Crippen LogP contribution in [0.2, 0.25) is 5.02 Å². The van der Waals surface area contributed by atoms with Crippen LogP contribution in [0.1, 0.15) is 42.5 Å². The number of rotatable bonds is 5. The molecular formula is C22H24ClN3O4S2. The van der Waals surface area contributed by atoms with Crippen LogP contribution in [-0.4, -0.2) is 59.3 Å². The molecule has 2 aliphatic heterocycles. The van der Waals surface area contributed by atoms with Crippen LogP contribution in [0.4, 0.5) is 0 Å². The van der Waals surface area contributed by atoms with Crippen molar-refractivity contribution in [2.75, 3.05) is 19.6 Å². The van der Waals surface area contributed by atoms with Crippen molar-refractivity contribution in [3.63, 3.8) is 0 Å². The first-order chi connectivity index (χ1) is 15.4. The molecule has 2 fully saturated rings. The van der Waals surface area contributed by atoms with Crippen molar-refractivity contribution >= 4 is 45.2 Å². The van der Waals surface area contributed by atoms with Crippen LogP contribution in [0.25, 0.3) is 0 Å². The summed E-state index contributed by atoms with van der Waals surface area (Å²) in [5.41, 5.74) is 0.419. The second kappa shape index (κ2) is 9.91. The third kappa shape index (κ3) is 5.01. The van der Waals surface area contributed by atoms with Crippen LogP contribution in [0.15, 0.2) is 52.5 Å². The number of aromatic nitrogens is 1. The van der Waals surface area contributed by atoms with E-state index in [2.05, 4.69) is 4.98 Å². The molecule has 170 valence electrons. The van der Waals surface area contributed by atoms with Gasteiger partial charge in [-0.25, -0.2) is 13.4 Å². The summed E-state index contributed by atoms with van der Waals surface area (Å²) in [6, 6.07) is 9.67. The summed E-state index contributed by atoms with van der Waals surface area (Å²) < 4.78 is 26.8. The minimum atomic E-state index is -3.53. The van der Waals surface area contributed by atoms with Gasteiger partial charge in [-0.1, -0.05) is 29.8 Å². The predicted molar refractivity (Wildman–Crippen MR) is 123 cm³/mol. The Morgan fingerprint density at radius 2 is 1.69 bits per heavy atom. The zero-order chi connectivity index (χ0) is 22.7. The van der Waals surface area contributed by atoms with Gasteiger partial charge in [-0.3, -0.25) is 14.5 Å². The van der Waals surface area contributed by atoms with E-state index in [9.17, 15) is 18.0 Å². The zero-order valence-corrected chi connectivity index (χ0v) is 19.8. The minimum Gasteiger partial charge on any atom is -0.278 e. The molecule has 10 heteroatoms. The highest BCUT2D eigenvalue weighted by Crippen LogP contribution is 2.30. The highest BCUT2D eigenvalue weighted by molar-refractivity contribution is 8.00. The first-order valence-electron chi connectivity index (χ1n) is 10.6. The van der Waals surface area contributed by atoms with Crippen molar-refractivity contribution in [3.05, 3.63) is 53.2 Å². The Morgan fingerprint density at radius 1 is 1.00 bits per heavy atom. The molecule has 1 atom stereocenters. The summed E-state index contributed by atoms with van der Waals surface area (Å²) in [5, 5.41) is 0.630. The van der Waals surface area contributed by atoms with E-state index in [1.165, 1.54) is 27.2 Å². The van der Waals surface area contributed by atoms with Gasteiger partial charge in [0.15, 0.2) is 0 Å². The summed E-state index contributed by atoms with van der Waals surface area (Å²) in [6.45, 7) is 1.44. The number of benzene rings is 1. The Kier molecular flexibility index (Phi) is 7.19. The number of pyridine rings is 1. The number of halogens is 1. The summed E-state index contributed by atoms with van der Waals surface area (Å²) in [6.07, 6.45) is 5.28. The number of carbonyl (C=O) groups is 2. The zero-order valence-electron chi connectivity index (χ0n) is 17.4. The number of amides is 2. The predicted octanol–water partition coefficient (Wildman–Crippen LogP) is 3.83. The van der Waals surface area contributed by atoms with Gasteiger partial charge in [0.05, 0.1) is 10.3 Å². The molecule has 0 bridgehead atoms. The molecule has 4 rings (SSSR count). The van der Waals surface area contributed by atoms with E-state index in [-0.39, 0.29) is 16.7 Å². The third-order valence-electron chi connectivity index (χ3n) is 5.65. The quantitative estimate of drug-likeness (QED) is 0.588. The molecule has 7 nitrogen and oxygen atoms in total. The second-order valence-electron chi connectivity index (χ2n) is 7.85. The summed E-state index contributed by atoms with van der Waals surface area (Å²) >= 11 is 7.18. The van der Waals surface area contributed by atoms with Crippen LogP contribution >= 0.6 is 23.4 Å². The average molecular weight is 494 g/mol. The van der Waals surface area contributed by atoms with Crippen LogP contribution in [0.5, 0.6) is 0 Å². The Labute approximate surface area is 197 Å². The van der Waals surface area contributed by atoms with E-state index in [0.717, 1.165) is 25.7 Å². The first-order valence-corrected chi connectivity index (χ1v) is 13.3. The lowest BCUT2D eigenvalue weighted by Crippen LogP contribution is -2.41. The number of thioether (sulfide) groups is 1. The smallest absolute Gasteiger partial charge is 0.260 e. The lowest BCUT2D eigenvalue weighted by molar-refractivity contribution is -0.127. The number of imide groups is 1. The molecule has 0 spiro atoms. The van der Waals surface area contributed by atoms with E-state index < -0.39 is 15.3 Å². The normalized spacial score (nSPS) is 20.3. The summed E-state index contributed by atoms with van der Waals surface area (Å²) in [4.78, 5) is 31.8. The second-order valence-corrected chi connectivity index (χ2v) is 11.4. The van der Waals surface area contributed by atoms with Crippen molar-refractivity contribution in [2.45, 2.75) is 47.3 Å². The number of hydrogen-bond acceptors (Lipinski definition) is 6. The van der Waals surface area contributed by atoms with Gasteiger partial charge in [-0.15, -0.1) is 0 Å². The van der Waals surface area contributed by atoms with Gasteiger partial charge in [0.25, 0.3) is 5.91 Å². The monoisotopic (exact) mass is 493 g/mol. The maximum atomic E-state index is 13.2. The summed E-state index contributed by atoms with van der Waals surface area (Å²) in [7, 11) is -3.53. The van der Waals surface area contributed by atoms with Gasteiger partial charge in [0.2, 0.25) is 15.9 Å². The largest absolute Gasteiger partial charge is 0.278 e. The topological polar surface area (TPSA) is 87.7 Å². The van der Waals surface area contributed by atoms with Crippen molar-refractivity contribution in [2.24, 2.45) is 0 Å². The molecule has 0 radical (unpaired) electrons. The average Bonchev–Trinajstić information content (AvgIpc) is 3.28. The van der Waals surface area contributed by atoms with E-state index >= 15 is 0 Å². The molecule has 3 heterocycles. The first kappa shape index (κ1) is 23.2. The maximum Gasteiger partial charge on any atom is 0.260 e. The Morgan fingerprint density at radius 3 is 2.34 bits per heavy atom. The molecule has 0 aliphatic carbocycles. The number of hydrogen-bond donors (Lipinski definition) is 0. The number of sulfonamides is 1. The van der Waals surface area contributed by atoms with E-state index in [1.54, 1.807) is 36.4 Å². The van der Waals surface area contributed by atoms with Crippen molar-refractivity contribution in [3.8, 4) is 0 Å². The standard InChI is InChI=1S/C22H24ClN3O4S2/c23-17-8-6-16(7-9-17)21(27)26-14-2-1-5-19(22(26)28)31-20-11-10-18(15-24-20)32(29,30)25-12-3-4-13-25/h6-11,15,19H,1-5,12-14H2. The Bertz CT molecular complexity index is 1090. The SMILES string of the molecule is O=C(c1ccc(Cl)cc1)N1CCCCC(Sc2ccc(S(=O)(=O)N3CCCC3)cn2)C1=O. The highest BCUT2D eigenvalue weighted by atomic mass is 35.5. The fourth-order valence-electron chi connectivity index (χ4n) is 3.88.